The number of carbonyl (C=O) groups is 2. The molecule has 0 aliphatic carbocycles. The molecule has 0 saturated heterocycles. The van der Waals surface area contributed by atoms with Gasteiger partial charge in [-0.25, -0.2) is 0 Å². The predicted molar refractivity (Wildman–Crippen MR) is 63.3 cm³/mol. The molecule has 84 valence electrons. The van der Waals surface area contributed by atoms with Crippen LogP contribution in [0.1, 0.15) is 21.5 Å². The molecule has 1 aliphatic rings. The minimum Gasteiger partial charge on any atom is -0.303 e. The van der Waals surface area contributed by atoms with Gasteiger partial charge in [0.05, 0.1) is 11.3 Å². The van der Waals surface area contributed by atoms with E-state index in [0.717, 1.165) is 16.8 Å². The Morgan fingerprint density at radius 3 is 2.44 bits per heavy atom. The van der Waals surface area contributed by atoms with Gasteiger partial charge in [0.2, 0.25) is 0 Å². The van der Waals surface area contributed by atoms with Gasteiger partial charge >= 0.3 is 0 Å². The summed E-state index contributed by atoms with van der Waals surface area (Å²) in [5.41, 5.74) is 3.05. The van der Waals surface area contributed by atoms with Crippen LogP contribution in [0.25, 0.3) is 0 Å². The van der Waals surface area contributed by atoms with Gasteiger partial charge in [-0.15, -0.1) is 11.6 Å². The van der Waals surface area contributed by atoms with E-state index in [4.69, 9.17) is 11.6 Å². The van der Waals surface area contributed by atoms with Crippen LogP contribution in [0.15, 0.2) is 12.1 Å². The Hall–Kier alpha value is -1.35. The summed E-state index contributed by atoms with van der Waals surface area (Å²) in [7, 11) is 0. The van der Waals surface area contributed by atoms with Crippen molar-refractivity contribution in [1.29, 1.82) is 0 Å². The summed E-state index contributed by atoms with van der Waals surface area (Å²) in [6.07, 6.45) is 0. The van der Waals surface area contributed by atoms with E-state index in [0.29, 0.717) is 18.0 Å². The number of amides is 1. The predicted octanol–water partition coefficient (Wildman–Crippen LogP) is 2.07. The molecule has 0 radical (unpaired) electrons. The highest BCUT2D eigenvalue weighted by Gasteiger charge is 2.37. The number of hydrogen-bond donors (Lipinski definition) is 0. The molecule has 4 heteroatoms. The molecule has 1 aromatic rings. The highest BCUT2D eigenvalue weighted by molar-refractivity contribution is 6.52. The Balaban J connectivity index is 2.64. The molecule has 1 aromatic carbocycles. The van der Waals surface area contributed by atoms with Crippen molar-refractivity contribution >= 4 is 29.0 Å². The van der Waals surface area contributed by atoms with E-state index in [1.807, 2.05) is 26.0 Å². The molecule has 0 saturated carbocycles. The lowest BCUT2D eigenvalue weighted by Gasteiger charge is -2.17. The Morgan fingerprint density at radius 1 is 1.19 bits per heavy atom. The third-order valence-electron chi connectivity index (χ3n) is 2.83. The van der Waals surface area contributed by atoms with Crippen LogP contribution in [0.5, 0.6) is 0 Å². The summed E-state index contributed by atoms with van der Waals surface area (Å²) in [4.78, 5) is 25.1. The average molecular weight is 238 g/mol. The number of Topliss-reactive ketones (excluding diaryl/α,β-unsaturated/α-hetero) is 1. The Bertz CT molecular complexity index is 482. The maximum Gasteiger partial charge on any atom is 0.299 e. The van der Waals surface area contributed by atoms with E-state index in [2.05, 4.69) is 0 Å². The van der Waals surface area contributed by atoms with Crippen LogP contribution >= 0.6 is 11.6 Å². The zero-order chi connectivity index (χ0) is 11.9. The number of hydrogen-bond acceptors (Lipinski definition) is 2. The second kappa shape index (κ2) is 3.91. The molecule has 16 heavy (non-hydrogen) atoms. The van der Waals surface area contributed by atoms with E-state index < -0.39 is 11.7 Å². The van der Waals surface area contributed by atoms with Gasteiger partial charge in [-0.05, 0) is 25.0 Å². The van der Waals surface area contributed by atoms with Gasteiger partial charge in [0.15, 0.2) is 0 Å². The van der Waals surface area contributed by atoms with Crippen molar-refractivity contribution in [2.75, 3.05) is 17.3 Å². The van der Waals surface area contributed by atoms with Crippen molar-refractivity contribution in [1.82, 2.24) is 0 Å². The molecule has 3 nitrogen and oxygen atoms in total. The van der Waals surface area contributed by atoms with E-state index >= 15 is 0 Å². The van der Waals surface area contributed by atoms with Crippen LogP contribution in [-0.2, 0) is 4.79 Å². The van der Waals surface area contributed by atoms with E-state index in [1.165, 1.54) is 4.90 Å². The van der Waals surface area contributed by atoms with Gasteiger partial charge in [0.1, 0.15) is 0 Å². The third-order valence-corrected chi connectivity index (χ3v) is 3.00. The zero-order valence-electron chi connectivity index (χ0n) is 9.21. The van der Waals surface area contributed by atoms with E-state index in [9.17, 15) is 9.59 Å². The van der Waals surface area contributed by atoms with Gasteiger partial charge in [-0.1, -0.05) is 12.1 Å². The fraction of sp³-hybridized carbons (Fsp3) is 0.333. The van der Waals surface area contributed by atoms with Crippen LogP contribution in [0.4, 0.5) is 5.69 Å². The summed E-state index contributed by atoms with van der Waals surface area (Å²) in [6.45, 7) is 4.11. The number of benzene rings is 1. The van der Waals surface area contributed by atoms with Crippen molar-refractivity contribution < 1.29 is 9.59 Å². The minimum atomic E-state index is -0.465. The maximum absolute atomic E-state index is 11.8. The normalized spacial score (nSPS) is 14.6. The number of rotatable bonds is 2. The Kier molecular flexibility index (Phi) is 2.72. The monoisotopic (exact) mass is 237 g/mol. The molecular formula is C12H12ClNO2. The van der Waals surface area contributed by atoms with Crippen molar-refractivity contribution in [2.45, 2.75) is 13.8 Å². The molecule has 0 bridgehead atoms. The first-order valence-corrected chi connectivity index (χ1v) is 5.63. The van der Waals surface area contributed by atoms with Gasteiger partial charge in [0, 0.05) is 12.4 Å². The number of ketones is 1. The van der Waals surface area contributed by atoms with Gasteiger partial charge in [-0.3, -0.25) is 9.59 Å². The fourth-order valence-electron chi connectivity index (χ4n) is 2.06. The lowest BCUT2D eigenvalue weighted by molar-refractivity contribution is -0.114. The lowest BCUT2D eigenvalue weighted by Crippen LogP contribution is -2.31. The van der Waals surface area contributed by atoms with Gasteiger partial charge in [-0.2, -0.15) is 0 Å². The third kappa shape index (κ3) is 1.43. The molecule has 1 amide bonds. The summed E-state index contributed by atoms with van der Waals surface area (Å²) in [6, 6.07) is 3.78. The Morgan fingerprint density at radius 2 is 1.81 bits per heavy atom. The number of halogens is 1. The van der Waals surface area contributed by atoms with Crippen molar-refractivity contribution in [2.24, 2.45) is 0 Å². The highest BCUT2D eigenvalue weighted by Crippen LogP contribution is 2.34. The molecular weight excluding hydrogens is 226 g/mol. The van der Waals surface area contributed by atoms with Crippen LogP contribution in [0.3, 0.4) is 0 Å². The van der Waals surface area contributed by atoms with Crippen LogP contribution in [-0.4, -0.2) is 24.1 Å². The fourth-order valence-corrected chi connectivity index (χ4v) is 2.23. The number of nitrogens with zero attached hydrogens (tertiary/aromatic N) is 1. The number of anilines is 1. The minimum absolute atomic E-state index is 0.325. The van der Waals surface area contributed by atoms with E-state index in [-0.39, 0.29) is 0 Å². The zero-order valence-corrected chi connectivity index (χ0v) is 9.97. The van der Waals surface area contributed by atoms with Gasteiger partial charge < -0.3 is 4.90 Å². The average Bonchev–Trinajstić information content (AvgIpc) is 2.50. The summed E-state index contributed by atoms with van der Waals surface area (Å²) >= 11 is 5.65. The van der Waals surface area contributed by atoms with Crippen LogP contribution in [0, 0.1) is 13.8 Å². The largest absolute Gasteiger partial charge is 0.303 e. The van der Waals surface area contributed by atoms with Crippen molar-refractivity contribution in [3.05, 3.63) is 28.8 Å². The SMILES string of the molecule is Cc1ccc(C)c2c1C(=O)C(=O)N2CCCl. The van der Waals surface area contributed by atoms with Crippen LogP contribution in [0.2, 0.25) is 0 Å². The molecule has 0 atom stereocenters. The molecule has 1 heterocycles. The number of fused-ring (bicyclic) bond motifs is 1. The van der Waals surface area contributed by atoms with Crippen LogP contribution < -0.4 is 4.90 Å². The smallest absolute Gasteiger partial charge is 0.299 e. The first-order valence-electron chi connectivity index (χ1n) is 5.10. The second-order valence-electron chi connectivity index (χ2n) is 3.90. The lowest BCUT2D eigenvalue weighted by atomic mass is 10.0. The molecule has 1 aliphatic heterocycles. The number of aryl methyl sites for hydroxylation is 2. The highest BCUT2D eigenvalue weighted by atomic mass is 35.5. The quantitative estimate of drug-likeness (QED) is 0.583. The van der Waals surface area contributed by atoms with Crippen molar-refractivity contribution in [3.63, 3.8) is 0 Å². The topological polar surface area (TPSA) is 37.4 Å². The molecule has 2 rings (SSSR count). The second-order valence-corrected chi connectivity index (χ2v) is 4.28. The Labute approximate surface area is 99.0 Å². The molecule has 0 fully saturated rings. The first kappa shape index (κ1) is 11.1. The number of carbonyl (C=O) groups excluding carboxylic acids is 2. The van der Waals surface area contributed by atoms with Gasteiger partial charge in [0.25, 0.3) is 11.7 Å². The standard InChI is InChI=1S/C12H12ClNO2/c1-7-3-4-8(2)10-9(7)11(15)12(16)14(10)6-5-13/h3-4H,5-6H2,1-2H3. The molecule has 0 N–H and O–H groups in total. The number of alkyl halides is 1. The van der Waals surface area contributed by atoms with E-state index in [1.54, 1.807) is 0 Å². The maximum atomic E-state index is 11.8. The summed E-state index contributed by atoms with van der Waals surface area (Å²) in [5.74, 6) is -0.555. The summed E-state index contributed by atoms with van der Waals surface area (Å²) < 4.78 is 0. The van der Waals surface area contributed by atoms with Crippen molar-refractivity contribution in [3.8, 4) is 0 Å². The molecule has 0 spiro atoms. The first-order chi connectivity index (χ1) is 7.57. The molecule has 0 aromatic heterocycles. The summed E-state index contributed by atoms with van der Waals surface area (Å²) in [5, 5.41) is 0. The molecule has 0 unspecified atom stereocenters.